The number of carbonyl (C=O) groups is 1. The number of hydrogen-bond donors (Lipinski definition) is 1. The fraction of sp³-hybridized carbons (Fsp3) is 0.737. The van der Waals surface area contributed by atoms with Crippen LogP contribution in [0.4, 0.5) is 11.4 Å². The summed E-state index contributed by atoms with van der Waals surface area (Å²) in [4.78, 5) is 40.4. The Labute approximate surface area is 154 Å². The number of hydrogen-bond acceptors (Lipinski definition) is 7. The zero-order valence-corrected chi connectivity index (χ0v) is 15.6. The van der Waals surface area contributed by atoms with Crippen LogP contribution in [0, 0.1) is 5.92 Å². The summed E-state index contributed by atoms with van der Waals surface area (Å²) in [5.74, 6) is -0.438. The zero-order valence-electron chi connectivity index (χ0n) is 15.6. The van der Waals surface area contributed by atoms with Gasteiger partial charge in [-0.1, -0.05) is 0 Å². The standard InChI is InChI=1S/C19H29N3O4/c1-2-26-19(25)14-7-5-12-22(13-14)16-15(17(23)18(16)24)20-8-6-11-21-9-3-4-10-21/h14,20H,2-13H2,1H3. The molecule has 144 valence electrons. The summed E-state index contributed by atoms with van der Waals surface area (Å²) in [7, 11) is 0. The Bertz CT molecular complexity index is 689. The fourth-order valence-electron chi connectivity index (χ4n) is 4.00. The highest BCUT2D eigenvalue weighted by Gasteiger charge is 2.32. The highest BCUT2D eigenvalue weighted by atomic mass is 16.5. The van der Waals surface area contributed by atoms with Crippen molar-refractivity contribution >= 4 is 17.3 Å². The van der Waals surface area contributed by atoms with Gasteiger partial charge in [-0.25, -0.2) is 0 Å². The number of ether oxygens (including phenoxy) is 1. The Morgan fingerprint density at radius 2 is 1.92 bits per heavy atom. The van der Waals surface area contributed by atoms with Crippen LogP contribution in [0.2, 0.25) is 0 Å². The molecule has 1 unspecified atom stereocenters. The molecule has 7 heteroatoms. The number of rotatable bonds is 8. The number of esters is 1. The molecule has 0 radical (unpaired) electrons. The lowest BCUT2D eigenvalue weighted by Gasteiger charge is -2.34. The molecule has 2 saturated heterocycles. The van der Waals surface area contributed by atoms with Gasteiger partial charge in [0.1, 0.15) is 11.4 Å². The van der Waals surface area contributed by atoms with Gasteiger partial charge in [0.2, 0.25) is 0 Å². The lowest BCUT2D eigenvalue weighted by Crippen LogP contribution is -2.47. The smallest absolute Gasteiger partial charge is 0.310 e. The van der Waals surface area contributed by atoms with Crippen LogP contribution < -0.4 is 21.1 Å². The number of carbonyl (C=O) groups excluding carboxylic acids is 1. The average molecular weight is 363 g/mol. The molecular formula is C19H29N3O4. The topological polar surface area (TPSA) is 79.0 Å². The predicted molar refractivity (Wildman–Crippen MR) is 102 cm³/mol. The van der Waals surface area contributed by atoms with Crippen LogP contribution in [-0.4, -0.2) is 56.7 Å². The molecule has 0 aliphatic carbocycles. The molecule has 0 saturated carbocycles. The molecule has 3 rings (SSSR count). The molecule has 2 aliphatic rings. The van der Waals surface area contributed by atoms with Crippen LogP contribution in [0.5, 0.6) is 0 Å². The Morgan fingerprint density at radius 1 is 1.15 bits per heavy atom. The number of nitrogens with zero attached hydrogens (tertiary/aromatic N) is 2. The van der Waals surface area contributed by atoms with Crippen LogP contribution in [-0.2, 0) is 9.53 Å². The first kappa shape index (κ1) is 18.9. The molecule has 2 fully saturated rings. The van der Waals surface area contributed by atoms with Gasteiger partial charge in [-0.05, 0) is 58.7 Å². The van der Waals surface area contributed by atoms with Crippen molar-refractivity contribution in [3.8, 4) is 0 Å². The molecule has 0 bridgehead atoms. The second-order valence-electron chi connectivity index (χ2n) is 7.25. The molecule has 7 nitrogen and oxygen atoms in total. The summed E-state index contributed by atoms with van der Waals surface area (Å²) in [6.45, 7) is 7.33. The van der Waals surface area contributed by atoms with E-state index in [-0.39, 0.29) is 11.9 Å². The van der Waals surface area contributed by atoms with Crippen molar-refractivity contribution < 1.29 is 9.53 Å². The second-order valence-corrected chi connectivity index (χ2v) is 7.25. The van der Waals surface area contributed by atoms with Gasteiger partial charge in [0, 0.05) is 19.6 Å². The van der Waals surface area contributed by atoms with E-state index < -0.39 is 10.9 Å². The third-order valence-corrected chi connectivity index (χ3v) is 5.39. The molecule has 0 amide bonds. The lowest BCUT2D eigenvalue weighted by molar-refractivity contribution is -0.148. The van der Waals surface area contributed by atoms with Crippen molar-refractivity contribution in [1.82, 2.24) is 4.90 Å². The summed E-state index contributed by atoms with van der Waals surface area (Å²) in [5, 5.41) is 3.16. The molecule has 26 heavy (non-hydrogen) atoms. The van der Waals surface area contributed by atoms with Gasteiger partial charge in [0.05, 0.1) is 12.5 Å². The van der Waals surface area contributed by atoms with E-state index in [2.05, 4.69) is 10.2 Å². The van der Waals surface area contributed by atoms with E-state index in [9.17, 15) is 14.4 Å². The van der Waals surface area contributed by atoms with Crippen LogP contribution >= 0.6 is 0 Å². The van der Waals surface area contributed by atoms with Crippen molar-refractivity contribution in [2.75, 3.05) is 56.1 Å². The van der Waals surface area contributed by atoms with Gasteiger partial charge in [0.25, 0.3) is 10.9 Å². The maximum absolute atomic E-state index is 12.1. The minimum absolute atomic E-state index is 0.212. The average Bonchev–Trinajstić information content (AvgIpc) is 3.17. The first-order valence-corrected chi connectivity index (χ1v) is 9.83. The van der Waals surface area contributed by atoms with Crippen molar-refractivity contribution in [2.24, 2.45) is 5.92 Å². The van der Waals surface area contributed by atoms with E-state index in [4.69, 9.17) is 4.74 Å². The Morgan fingerprint density at radius 3 is 2.65 bits per heavy atom. The molecule has 1 aromatic rings. The first-order chi connectivity index (χ1) is 12.6. The van der Waals surface area contributed by atoms with Gasteiger partial charge < -0.3 is 19.9 Å². The van der Waals surface area contributed by atoms with Gasteiger partial charge in [-0.2, -0.15) is 0 Å². The van der Waals surface area contributed by atoms with Crippen LogP contribution in [0.15, 0.2) is 9.59 Å². The van der Waals surface area contributed by atoms with Crippen molar-refractivity contribution in [1.29, 1.82) is 0 Å². The van der Waals surface area contributed by atoms with Crippen LogP contribution in [0.25, 0.3) is 0 Å². The highest BCUT2D eigenvalue weighted by molar-refractivity contribution is 5.78. The maximum atomic E-state index is 12.1. The lowest BCUT2D eigenvalue weighted by atomic mass is 9.96. The van der Waals surface area contributed by atoms with E-state index in [0.29, 0.717) is 37.6 Å². The first-order valence-electron chi connectivity index (χ1n) is 9.83. The monoisotopic (exact) mass is 363 g/mol. The van der Waals surface area contributed by atoms with Crippen molar-refractivity contribution in [3.63, 3.8) is 0 Å². The summed E-state index contributed by atoms with van der Waals surface area (Å²) < 4.78 is 5.11. The maximum Gasteiger partial charge on any atom is 0.310 e. The Kier molecular flexibility index (Phi) is 6.29. The van der Waals surface area contributed by atoms with Gasteiger partial charge in [0.15, 0.2) is 0 Å². The number of likely N-dealkylation sites (tertiary alicyclic amines) is 1. The Balaban J connectivity index is 1.56. The molecular weight excluding hydrogens is 334 g/mol. The molecule has 2 aliphatic heterocycles. The SMILES string of the molecule is CCOC(=O)C1CCCN(c2c(NCCCN3CCCC3)c(=O)c2=O)C1. The zero-order chi connectivity index (χ0) is 18.5. The minimum Gasteiger partial charge on any atom is -0.466 e. The fourth-order valence-corrected chi connectivity index (χ4v) is 4.00. The minimum atomic E-state index is -0.434. The van der Waals surface area contributed by atoms with E-state index in [1.165, 1.54) is 12.8 Å². The van der Waals surface area contributed by atoms with E-state index >= 15 is 0 Å². The molecule has 1 aromatic carbocycles. The van der Waals surface area contributed by atoms with Gasteiger partial charge in [-0.15, -0.1) is 0 Å². The molecule has 1 N–H and O–H groups in total. The highest BCUT2D eigenvalue weighted by Crippen LogP contribution is 2.27. The van der Waals surface area contributed by atoms with Crippen LogP contribution in [0.1, 0.15) is 39.0 Å². The number of anilines is 2. The molecule has 0 aromatic heterocycles. The van der Waals surface area contributed by atoms with E-state index in [0.717, 1.165) is 38.9 Å². The quantitative estimate of drug-likeness (QED) is 0.419. The molecule has 0 spiro atoms. The predicted octanol–water partition coefficient (Wildman–Crippen LogP) is 0.960. The van der Waals surface area contributed by atoms with E-state index in [1.54, 1.807) is 6.92 Å². The summed E-state index contributed by atoms with van der Waals surface area (Å²) in [6, 6.07) is 0. The van der Waals surface area contributed by atoms with Crippen LogP contribution in [0.3, 0.4) is 0 Å². The summed E-state index contributed by atoms with van der Waals surface area (Å²) in [5.41, 5.74) is 0.0297. The normalized spacial score (nSPS) is 21.3. The molecule has 2 heterocycles. The van der Waals surface area contributed by atoms with Crippen molar-refractivity contribution in [2.45, 2.75) is 39.0 Å². The Hall–Kier alpha value is -1.89. The van der Waals surface area contributed by atoms with Crippen molar-refractivity contribution in [3.05, 3.63) is 20.4 Å². The third kappa shape index (κ3) is 4.09. The summed E-state index contributed by atoms with van der Waals surface area (Å²) >= 11 is 0. The number of nitrogens with one attached hydrogen (secondary N) is 1. The third-order valence-electron chi connectivity index (χ3n) is 5.39. The largest absolute Gasteiger partial charge is 0.466 e. The van der Waals surface area contributed by atoms with Gasteiger partial charge >= 0.3 is 5.97 Å². The summed E-state index contributed by atoms with van der Waals surface area (Å²) in [6.07, 6.45) is 5.07. The second kappa shape index (κ2) is 8.66. The molecule has 1 atom stereocenters. The number of piperidine rings is 1. The van der Waals surface area contributed by atoms with Gasteiger partial charge in [-0.3, -0.25) is 14.4 Å². The van der Waals surface area contributed by atoms with E-state index in [1.807, 2.05) is 4.90 Å².